The molecular formula is C19H36N4O3. The number of carbonyl (C=O) groups excluding carboxylic acids is 2. The van der Waals surface area contributed by atoms with Crippen LogP contribution in [0.3, 0.4) is 0 Å². The standard InChI is InChI=1S/C19H36N4O3/c1-3-4-5-6-17(2)20-18(24)15-21-7-9-22(10-8-21)16-19(25)23-11-13-26-14-12-23/h17H,3-16H2,1-2H3,(H,20,24). The zero-order chi connectivity index (χ0) is 18.8. The van der Waals surface area contributed by atoms with Crippen LogP contribution in [0.15, 0.2) is 0 Å². The Labute approximate surface area is 158 Å². The van der Waals surface area contributed by atoms with Crippen molar-refractivity contribution in [1.29, 1.82) is 0 Å². The van der Waals surface area contributed by atoms with E-state index in [2.05, 4.69) is 29.0 Å². The number of carbonyl (C=O) groups is 2. The van der Waals surface area contributed by atoms with Gasteiger partial charge in [-0.3, -0.25) is 19.4 Å². The van der Waals surface area contributed by atoms with Gasteiger partial charge >= 0.3 is 0 Å². The van der Waals surface area contributed by atoms with Gasteiger partial charge in [-0.15, -0.1) is 0 Å². The molecule has 2 aliphatic rings. The number of morpholine rings is 1. The van der Waals surface area contributed by atoms with Crippen molar-refractivity contribution in [3.63, 3.8) is 0 Å². The van der Waals surface area contributed by atoms with Gasteiger partial charge in [-0.05, 0) is 13.3 Å². The Hall–Kier alpha value is -1.18. The molecule has 150 valence electrons. The third-order valence-corrected chi connectivity index (χ3v) is 5.20. The molecule has 2 aliphatic heterocycles. The first-order valence-corrected chi connectivity index (χ1v) is 10.2. The van der Waals surface area contributed by atoms with Crippen LogP contribution in [0.2, 0.25) is 0 Å². The van der Waals surface area contributed by atoms with Crippen molar-refractivity contribution in [2.45, 2.75) is 45.6 Å². The highest BCUT2D eigenvalue weighted by Gasteiger charge is 2.23. The summed E-state index contributed by atoms with van der Waals surface area (Å²) in [5, 5.41) is 3.11. The van der Waals surface area contributed by atoms with Crippen molar-refractivity contribution in [1.82, 2.24) is 20.0 Å². The maximum atomic E-state index is 12.3. The molecule has 0 spiro atoms. The van der Waals surface area contributed by atoms with Gasteiger partial charge in [-0.2, -0.15) is 0 Å². The van der Waals surface area contributed by atoms with E-state index in [-0.39, 0.29) is 17.9 Å². The van der Waals surface area contributed by atoms with Gasteiger partial charge in [0.05, 0.1) is 26.3 Å². The summed E-state index contributed by atoms with van der Waals surface area (Å²) in [5.74, 6) is 0.312. The molecule has 2 rings (SSSR count). The number of ether oxygens (including phenoxy) is 1. The summed E-state index contributed by atoms with van der Waals surface area (Å²) in [6.45, 7) is 11.3. The van der Waals surface area contributed by atoms with E-state index in [0.29, 0.717) is 39.4 Å². The molecule has 0 radical (unpaired) electrons. The number of nitrogens with one attached hydrogen (secondary N) is 1. The van der Waals surface area contributed by atoms with Crippen LogP contribution in [0.5, 0.6) is 0 Å². The first kappa shape index (κ1) is 21.1. The molecule has 2 amide bonds. The average molecular weight is 369 g/mol. The largest absolute Gasteiger partial charge is 0.378 e. The summed E-state index contributed by atoms with van der Waals surface area (Å²) in [6, 6.07) is 0.251. The second-order valence-corrected chi connectivity index (χ2v) is 7.51. The van der Waals surface area contributed by atoms with E-state index < -0.39 is 0 Å². The monoisotopic (exact) mass is 368 g/mol. The minimum Gasteiger partial charge on any atom is -0.378 e. The van der Waals surface area contributed by atoms with Crippen molar-refractivity contribution in [3.05, 3.63) is 0 Å². The van der Waals surface area contributed by atoms with E-state index in [4.69, 9.17) is 4.74 Å². The number of hydrogen-bond donors (Lipinski definition) is 1. The molecule has 0 aromatic carbocycles. The van der Waals surface area contributed by atoms with Gasteiger partial charge in [0.1, 0.15) is 0 Å². The van der Waals surface area contributed by atoms with Crippen LogP contribution in [0.4, 0.5) is 0 Å². The Balaban J connectivity index is 1.60. The van der Waals surface area contributed by atoms with Crippen molar-refractivity contribution in [2.24, 2.45) is 0 Å². The summed E-state index contributed by atoms with van der Waals surface area (Å²) in [6.07, 6.45) is 4.66. The number of nitrogens with zero attached hydrogens (tertiary/aromatic N) is 3. The van der Waals surface area contributed by atoms with Crippen LogP contribution >= 0.6 is 0 Å². The van der Waals surface area contributed by atoms with E-state index in [1.54, 1.807) is 0 Å². The normalized spacial score (nSPS) is 20.8. The molecule has 26 heavy (non-hydrogen) atoms. The first-order chi connectivity index (χ1) is 12.6. The molecule has 0 saturated carbocycles. The van der Waals surface area contributed by atoms with Crippen molar-refractivity contribution in [2.75, 3.05) is 65.6 Å². The fourth-order valence-electron chi connectivity index (χ4n) is 3.51. The van der Waals surface area contributed by atoms with Crippen LogP contribution in [-0.4, -0.2) is 98.1 Å². The fraction of sp³-hybridized carbons (Fsp3) is 0.895. The van der Waals surface area contributed by atoms with Crippen LogP contribution in [0.25, 0.3) is 0 Å². The van der Waals surface area contributed by atoms with E-state index in [1.807, 2.05) is 4.90 Å². The Bertz CT molecular complexity index is 433. The zero-order valence-electron chi connectivity index (χ0n) is 16.5. The molecule has 7 heteroatoms. The zero-order valence-corrected chi connectivity index (χ0v) is 16.5. The minimum atomic E-state index is 0.117. The highest BCUT2D eigenvalue weighted by atomic mass is 16.5. The van der Waals surface area contributed by atoms with E-state index in [1.165, 1.54) is 19.3 Å². The number of hydrogen-bond acceptors (Lipinski definition) is 5. The molecule has 2 saturated heterocycles. The summed E-state index contributed by atoms with van der Waals surface area (Å²) in [5.41, 5.74) is 0. The van der Waals surface area contributed by atoms with Gasteiger partial charge in [0.15, 0.2) is 0 Å². The van der Waals surface area contributed by atoms with E-state index in [0.717, 1.165) is 32.6 Å². The Kier molecular flexibility index (Phi) is 9.36. The maximum Gasteiger partial charge on any atom is 0.236 e. The van der Waals surface area contributed by atoms with Gasteiger partial charge in [0.25, 0.3) is 0 Å². The molecule has 2 heterocycles. The van der Waals surface area contributed by atoms with Gasteiger partial charge < -0.3 is 15.0 Å². The first-order valence-electron chi connectivity index (χ1n) is 10.2. The Morgan fingerprint density at radius 2 is 1.58 bits per heavy atom. The molecule has 0 bridgehead atoms. The van der Waals surface area contributed by atoms with Gasteiger partial charge in [-0.1, -0.05) is 26.2 Å². The lowest BCUT2D eigenvalue weighted by Crippen LogP contribution is -2.53. The summed E-state index contributed by atoms with van der Waals surface area (Å²) in [4.78, 5) is 30.8. The predicted molar refractivity (Wildman–Crippen MR) is 102 cm³/mol. The number of unbranched alkanes of at least 4 members (excludes halogenated alkanes) is 2. The second kappa shape index (κ2) is 11.5. The van der Waals surface area contributed by atoms with Crippen LogP contribution in [-0.2, 0) is 14.3 Å². The fourth-order valence-corrected chi connectivity index (χ4v) is 3.51. The molecule has 2 fully saturated rings. The van der Waals surface area contributed by atoms with Crippen molar-refractivity contribution < 1.29 is 14.3 Å². The quantitative estimate of drug-likeness (QED) is 0.602. The minimum absolute atomic E-state index is 0.117. The van der Waals surface area contributed by atoms with Crippen LogP contribution in [0, 0.1) is 0 Å². The number of rotatable bonds is 9. The second-order valence-electron chi connectivity index (χ2n) is 7.51. The number of piperazine rings is 1. The van der Waals surface area contributed by atoms with Crippen molar-refractivity contribution in [3.8, 4) is 0 Å². The molecular weight excluding hydrogens is 332 g/mol. The number of amides is 2. The molecule has 7 nitrogen and oxygen atoms in total. The smallest absolute Gasteiger partial charge is 0.236 e. The van der Waals surface area contributed by atoms with Crippen LogP contribution in [0.1, 0.15) is 39.5 Å². The highest BCUT2D eigenvalue weighted by molar-refractivity contribution is 5.79. The van der Waals surface area contributed by atoms with E-state index in [9.17, 15) is 9.59 Å². The third kappa shape index (κ3) is 7.60. The lowest BCUT2D eigenvalue weighted by atomic mass is 10.1. The predicted octanol–water partition coefficient (Wildman–Crippen LogP) is 0.548. The van der Waals surface area contributed by atoms with Gasteiger partial charge in [0, 0.05) is 45.3 Å². The Morgan fingerprint density at radius 1 is 0.962 bits per heavy atom. The average Bonchev–Trinajstić information content (AvgIpc) is 2.64. The van der Waals surface area contributed by atoms with E-state index >= 15 is 0 Å². The molecule has 1 atom stereocenters. The molecule has 1 N–H and O–H groups in total. The van der Waals surface area contributed by atoms with Crippen molar-refractivity contribution >= 4 is 11.8 Å². The molecule has 0 aromatic heterocycles. The SMILES string of the molecule is CCCCCC(C)NC(=O)CN1CCN(CC(=O)N2CCOCC2)CC1. The molecule has 0 aliphatic carbocycles. The van der Waals surface area contributed by atoms with Gasteiger partial charge in [0.2, 0.25) is 11.8 Å². The lowest BCUT2D eigenvalue weighted by molar-refractivity contribution is -0.137. The third-order valence-electron chi connectivity index (χ3n) is 5.20. The summed E-state index contributed by atoms with van der Waals surface area (Å²) < 4.78 is 5.29. The molecule has 1 unspecified atom stereocenters. The lowest BCUT2D eigenvalue weighted by Gasteiger charge is -2.35. The maximum absolute atomic E-state index is 12.3. The van der Waals surface area contributed by atoms with Gasteiger partial charge in [-0.25, -0.2) is 0 Å². The Morgan fingerprint density at radius 3 is 2.19 bits per heavy atom. The topological polar surface area (TPSA) is 65.1 Å². The van der Waals surface area contributed by atoms with Crippen LogP contribution < -0.4 is 5.32 Å². The summed E-state index contributed by atoms with van der Waals surface area (Å²) >= 11 is 0. The highest BCUT2D eigenvalue weighted by Crippen LogP contribution is 2.06. The molecule has 0 aromatic rings. The summed E-state index contributed by atoms with van der Waals surface area (Å²) in [7, 11) is 0.